The minimum Gasteiger partial charge on any atom is -0.411 e. The van der Waals surface area contributed by atoms with E-state index in [-0.39, 0.29) is 11.0 Å². The van der Waals surface area contributed by atoms with Crippen LogP contribution in [0.1, 0.15) is 51.9 Å². The van der Waals surface area contributed by atoms with Gasteiger partial charge in [0.1, 0.15) is 0 Å². The fourth-order valence-electron chi connectivity index (χ4n) is 7.65. The van der Waals surface area contributed by atoms with E-state index >= 15 is 0 Å². The highest BCUT2D eigenvalue weighted by molar-refractivity contribution is 5.96. The summed E-state index contributed by atoms with van der Waals surface area (Å²) in [7, 11) is 0. The van der Waals surface area contributed by atoms with Gasteiger partial charge >= 0.3 is 0 Å². The first-order chi connectivity index (χ1) is 12.6. The Hall–Kier alpha value is -1.35. The molecular formula is C23H31NO2. The summed E-state index contributed by atoms with van der Waals surface area (Å²) in [6, 6.07) is 0. The molecule has 5 aliphatic rings. The Bertz CT molecular complexity index is 707. The second kappa shape index (κ2) is 5.82. The van der Waals surface area contributed by atoms with Gasteiger partial charge in [0, 0.05) is 5.41 Å². The van der Waals surface area contributed by atoms with Gasteiger partial charge in [0.25, 0.3) is 0 Å². The first kappa shape index (κ1) is 16.8. The molecule has 7 atom stereocenters. The topological polar surface area (TPSA) is 41.8 Å². The summed E-state index contributed by atoms with van der Waals surface area (Å²) >= 11 is 0. The van der Waals surface area contributed by atoms with E-state index in [0.717, 1.165) is 49.3 Å². The molecule has 0 aromatic heterocycles. The molecule has 3 nitrogen and oxygen atoms in total. The predicted octanol–water partition coefficient (Wildman–Crippen LogP) is 5.13. The van der Waals surface area contributed by atoms with E-state index in [1.54, 1.807) is 0 Å². The Morgan fingerprint density at radius 1 is 1.31 bits per heavy atom. The van der Waals surface area contributed by atoms with Crippen LogP contribution < -0.4 is 0 Å². The second-order valence-corrected chi connectivity index (χ2v) is 9.50. The maximum Gasteiger partial charge on any atom is 0.0923 e. The van der Waals surface area contributed by atoms with Crippen LogP contribution in [0.25, 0.3) is 0 Å². The minimum atomic E-state index is -0.00620. The molecule has 4 unspecified atom stereocenters. The SMILES string of the molecule is C=CC1CC2=CC(=NO)CC[C@@H]2C2CC[C@@]3(C)C(CC[C@@]34C=CCO4)C12. The van der Waals surface area contributed by atoms with Crippen LogP contribution >= 0.6 is 0 Å². The van der Waals surface area contributed by atoms with Gasteiger partial charge in [-0.1, -0.05) is 35.9 Å². The molecule has 0 aromatic carbocycles. The van der Waals surface area contributed by atoms with Crippen molar-refractivity contribution in [2.24, 2.45) is 40.2 Å². The lowest BCUT2D eigenvalue weighted by Gasteiger charge is -2.57. The van der Waals surface area contributed by atoms with Gasteiger partial charge < -0.3 is 9.94 Å². The van der Waals surface area contributed by atoms with Crippen LogP contribution in [-0.4, -0.2) is 23.1 Å². The maximum absolute atomic E-state index is 9.21. The largest absolute Gasteiger partial charge is 0.411 e. The highest BCUT2D eigenvalue weighted by Crippen LogP contribution is 2.67. The van der Waals surface area contributed by atoms with Crippen LogP contribution in [0.5, 0.6) is 0 Å². The average Bonchev–Trinajstić information content (AvgIpc) is 3.26. The number of fused-ring (bicyclic) bond motifs is 6. The molecule has 0 amide bonds. The molecule has 0 radical (unpaired) electrons. The third-order valence-corrected chi connectivity index (χ3v) is 8.85. The predicted molar refractivity (Wildman–Crippen MR) is 103 cm³/mol. The summed E-state index contributed by atoms with van der Waals surface area (Å²) in [5.41, 5.74) is 2.65. The number of nitrogens with zero attached hydrogens (tertiary/aromatic N) is 1. The molecule has 0 saturated heterocycles. The van der Waals surface area contributed by atoms with Gasteiger partial charge in [-0.25, -0.2) is 0 Å². The molecule has 3 saturated carbocycles. The standard InChI is InChI=1S/C23H31NO2/c1-3-15-13-16-14-17(24-25)5-6-18(16)19-7-10-22(2)20(21(15)19)8-11-23(22)9-4-12-26-23/h3-4,9,14-15,18-21,25H,1,5-8,10-13H2,2H3/t15?,18-,19?,20?,21?,22-,23-/m0/s1. The Morgan fingerprint density at radius 2 is 2.19 bits per heavy atom. The van der Waals surface area contributed by atoms with Gasteiger partial charge in [0.15, 0.2) is 0 Å². The maximum atomic E-state index is 9.21. The molecule has 4 aliphatic carbocycles. The molecule has 1 heterocycles. The summed E-state index contributed by atoms with van der Waals surface area (Å²) < 4.78 is 6.37. The van der Waals surface area contributed by atoms with Gasteiger partial charge in [-0.05, 0) is 80.6 Å². The monoisotopic (exact) mass is 353 g/mol. The van der Waals surface area contributed by atoms with E-state index in [9.17, 15) is 5.21 Å². The van der Waals surface area contributed by atoms with Crippen LogP contribution in [0.15, 0.2) is 41.6 Å². The number of ether oxygens (including phenoxy) is 1. The molecule has 0 bridgehead atoms. The number of allylic oxidation sites excluding steroid dienone is 3. The van der Waals surface area contributed by atoms with Gasteiger partial charge in [-0.3, -0.25) is 0 Å². The van der Waals surface area contributed by atoms with Crippen molar-refractivity contribution in [3.05, 3.63) is 36.5 Å². The van der Waals surface area contributed by atoms with E-state index < -0.39 is 0 Å². The van der Waals surface area contributed by atoms with E-state index in [1.165, 1.54) is 31.3 Å². The summed E-state index contributed by atoms with van der Waals surface area (Å²) in [6.07, 6.45) is 17.3. The average molecular weight is 354 g/mol. The lowest BCUT2D eigenvalue weighted by molar-refractivity contribution is -0.116. The molecule has 5 rings (SSSR count). The van der Waals surface area contributed by atoms with E-state index in [2.05, 4.69) is 43.0 Å². The molecular weight excluding hydrogens is 322 g/mol. The molecule has 1 N–H and O–H groups in total. The number of oxime groups is 1. The first-order valence-corrected chi connectivity index (χ1v) is 10.5. The van der Waals surface area contributed by atoms with Crippen LogP contribution in [0, 0.1) is 35.0 Å². The van der Waals surface area contributed by atoms with Crippen LogP contribution in [0.3, 0.4) is 0 Å². The zero-order valence-corrected chi connectivity index (χ0v) is 15.9. The van der Waals surface area contributed by atoms with E-state index in [1.807, 2.05) is 0 Å². The summed E-state index contributed by atoms with van der Waals surface area (Å²) in [5, 5.41) is 12.7. The van der Waals surface area contributed by atoms with Crippen molar-refractivity contribution in [3.63, 3.8) is 0 Å². The summed E-state index contributed by atoms with van der Waals surface area (Å²) in [6.45, 7) is 7.53. The van der Waals surface area contributed by atoms with Crippen LogP contribution in [-0.2, 0) is 4.74 Å². The smallest absolute Gasteiger partial charge is 0.0923 e. The van der Waals surface area contributed by atoms with Crippen molar-refractivity contribution in [1.82, 2.24) is 0 Å². The summed E-state index contributed by atoms with van der Waals surface area (Å²) in [5.74, 6) is 3.46. The van der Waals surface area contributed by atoms with Crippen molar-refractivity contribution in [2.45, 2.75) is 57.5 Å². The highest BCUT2D eigenvalue weighted by Gasteiger charge is 2.64. The minimum absolute atomic E-state index is 0.00620. The van der Waals surface area contributed by atoms with Gasteiger partial charge in [0.05, 0.1) is 17.9 Å². The van der Waals surface area contributed by atoms with E-state index in [4.69, 9.17) is 4.74 Å². The molecule has 1 spiro atoms. The molecule has 26 heavy (non-hydrogen) atoms. The molecule has 1 aliphatic heterocycles. The Morgan fingerprint density at radius 3 is 2.92 bits per heavy atom. The molecule has 3 heteroatoms. The number of hydrogen-bond donors (Lipinski definition) is 1. The highest BCUT2D eigenvalue weighted by atomic mass is 16.5. The van der Waals surface area contributed by atoms with Crippen molar-refractivity contribution in [1.29, 1.82) is 0 Å². The molecule has 140 valence electrons. The first-order valence-electron chi connectivity index (χ1n) is 10.5. The molecule has 0 aromatic rings. The quantitative estimate of drug-likeness (QED) is 0.403. The van der Waals surface area contributed by atoms with Gasteiger partial charge in [-0.2, -0.15) is 0 Å². The van der Waals surface area contributed by atoms with Crippen molar-refractivity contribution < 1.29 is 9.94 Å². The zero-order valence-electron chi connectivity index (χ0n) is 15.9. The third kappa shape index (κ3) is 2.07. The second-order valence-electron chi connectivity index (χ2n) is 9.50. The molecule has 3 fully saturated rings. The van der Waals surface area contributed by atoms with Crippen molar-refractivity contribution in [2.75, 3.05) is 6.61 Å². The lowest BCUT2D eigenvalue weighted by Crippen LogP contribution is -2.54. The van der Waals surface area contributed by atoms with Gasteiger partial charge in [-0.15, -0.1) is 6.58 Å². The van der Waals surface area contributed by atoms with Crippen LogP contribution in [0.2, 0.25) is 0 Å². The zero-order chi connectivity index (χ0) is 17.9. The Balaban J connectivity index is 1.52. The fraction of sp³-hybridized carbons (Fsp3) is 0.696. The van der Waals surface area contributed by atoms with Crippen molar-refractivity contribution in [3.8, 4) is 0 Å². The van der Waals surface area contributed by atoms with Gasteiger partial charge in [0.2, 0.25) is 0 Å². The number of hydrogen-bond acceptors (Lipinski definition) is 3. The normalized spacial score (nSPS) is 51.0. The Labute approximate surface area is 156 Å². The Kier molecular flexibility index (Phi) is 3.76. The third-order valence-electron chi connectivity index (χ3n) is 8.85. The number of rotatable bonds is 1. The summed E-state index contributed by atoms with van der Waals surface area (Å²) in [4.78, 5) is 0. The fourth-order valence-corrected chi connectivity index (χ4v) is 7.65. The van der Waals surface area contributed by atoms with Crippen LogP contribution in [0.4, 0.5) is 0 Å². The van der Waals surface area contributed by atoms with E-state index in [0.29, 0.717) is 11.8 Å². The lowest BCUT2D eigenvalue weighted by atomic mass is 9.48. The van der Waals surface area contributed by atoms with Crippen molar-refractivity contribution >= 4 is 5.71 Å².